The second kappa shape index (κ2) is 6.90. The van der Waals surface area contributed by atoms with Crippen LogP contribution in [0.2, 0.25) is 0 Å². The van der Waals surface area contributed by atoms with Crippen LogP contribution in [0, 0.1) is 6.92 Å². The van der Waals surface area contributed by atoms with E-state index in [0.717, 1.165) is 10.9 Å². The van der Waals surface area contributed by atoms with Gasteiger partial charge in [0.2, 0.25) is 0 Å². The van der Waals surface area contributed by atoms with Crippen molar-refractivity contribution in [3.05, 3.63) is 33.8 Å². The van der Waals surface area contributed by atoms with Crippen molar-refractivity contribution in [2.24, 2.45) is 0 Å². The molecule has 4 heteroatoms. The molecule has 1 rings (SSSR count). The van der Waals surface area contributed by atoms with E-state index in [2.05, 4.69) is 39.9 Å². The van der Waals surface area contributed by atoms with Crippen LogP contribution in [0.3, 0.4) is 0 Å². The van der Waals surface area contributed by atoms with Gasteiger partial charge in [-0.1, -0.05) is 22.0 Å². The van der Waals surface area contributed by atoms with Crippen molar-refractivity contribution in [1.82, 2.24) is 4.90 Å². The summed E-state index contributed by atoms with van der Waals surface area (Å²) in [6, 6.07) is 6.47. The second-order valence-corrected chi connectivity index (χ2v) is 5.51. The van der Waals surface area contributed by atoms with Crippen molar-refractivity contribution in [2.45, 2.75) is 25.8 Å². The number of hydrogen-bond donors (Lipinski definition) is 0. The highest BCUT2D eigenvalue weighted by atomic mass is 79.9. The number of carbonyl (C=O) groups excluding carboxylic acids is 1. The fraction of sp³-hybridized carbons (Fsp3) is 0.500. The van der Waals surface area contributed by atoms with E-state index in [9.17, 15) is 4.79 Å². The Labute approximate surface area is 117 Å². The lowest BCUT2D eigenvalue weighted by molar-refractivity contribution is -0.141. The molecule has 0 amide bonds. The summed E-state index contributed by atoms with van der Waals surface area (Å²) in [6.07, 6.45) is 1.20. The molecule has 0 aliphatic rings. The summed E-state index contributed by atoms with van der Waals surface area (Å²) in [6.45, 7) is 2.09. The van der Waals surface area contributed by atoms with Crippen LogP contribution < -0.4 is 0 Å². The summed E-state index contributed by atoms with van der Waals surface area (Å²) in [5.41, 5.74) is 2.49. The van der Waals surface area contributed by atoms with Crippen LogP contribution in [0.15, 0.2) is 22.7 Å². The zero-order chi connectivity index (χ0) is 13.7. The third-order valence-electron chi connectivity index (χ3n) is 3.07. The van der Waals surface area contributed by atoms with Crippen molar-refractivity contribution >= 4 is 21.9 Å². The van der Waals surface area contributed by atoms with Crippen LogP contribution in [-0.4, -0.2) is 32.1 Å². The van der Waals surface area contributed by atoms with E-state index < -0.39 is 0 Å². The molecule has 1 aromatic rings. The van der Waals surface area contributed by atoms with E-state index in [1.165, 1.54) is 18.2 Å². The number of halogens is 1. The number of methoxy groups -OCH3 is 1. The van der Waals surface area contributed by atoms with Gasteiger partial charge >= 0.3 is 5.97 Å². The average molecular weight is 314 g/mol. The maximum atomic E-state index is 11.3. The lowest BCUT2D eigenvalue weighted by Crippen LogP contribution is -2.22. The number of carbonyl (C=O) groups is 1. The molecule has 1 atom stereocenters. The van der Waals surface area contributed by atoms with Crippen LogP contribution in [0.5, 0.6) is 0 Å². The van der Waals surface area contributed by atoms with E-state index in [0.29, 0.717) is 6.42 Å². The fourth-order valence-corrected chi connectivity index (χ4v) is 2.40. The highest BCUT2D eigenvalue weighted by Gasteiger charge is 2.18. The summed E-state index contributed by atoms with van der Waals surface area (Å²) in [5, 5.41) is 0. The number of hydrogen-bond acceptors (Lipinski definition) is 3. The third-order valence-corrected chi connectivity index (χ3v) is 3.57. The molecule has 100 valence electrons. The molecule has 0 saturated carbocycles. The molecule has 0 saturated heterocycles. The van der Waals surface area contributed by atoms with Crippen molar-refractivity contribution in [2.75, 3.05) is 21.2 Å². The Hall–Kier alpha value is -0.870. The minimum Gasteiger partial charge on any atom is -0.469 e. The van der Waals surface area contributed by atoms with Gasteiger partial charge in [0.25, 0.3) is 0 Å². The van der Waals surface area contributed by atoms with E-state index >= 15 is 0 Å². The molecule has 1 aromatic carbocycles. The molecule has 18 heavy (non-hydrogen) atoms. The van der Waals surface area contributed by atoms with Crippen LogP contribution in [-0.2, 0) is 9.53 Å². The largest absolute Gasteiger partial charge is 0.469 e. The van der Waals surface area contributed by atoms with Gasteiger partial charge in [0.05, 0.1) is 7.11 Å². The Kier molecular flexibility index (Phi) is 5.82. The van der Waals surface area contributed by atoms with Gasteiger partial charge in [0, 0.05) is 16.9 Å². The van der Waals surface area contributed by atoms with Gasteiger partial charge in [-0.2, -0.15) is 0 Å². The molecule has 0 bridgehead atoms. The van der Waals surface area contributed by atoms with Gasteiger partial charge in [-0.3, -0.25) is 4.79 Å². The first-order chi connectivity index (χ1) is 8.45. The number of benzene rings is 1. The summed E-state index contributed by atoms with van der Waals surface area (Å²) < 4.78 is 5.77. The first kappa shape index (κ1) is 15.2. The summed E-state index contributed by atoms with van der Waals surface area (Å²) in [5.74, 6) is -0.158. The topological polar surface area (TPSA) is 29.5 Å². The lowest BCUT2D eigenvalue weighted by Gasteiger charge is -2.26. The highest BCUT2D eigenvalue weighted by Crippen LogP contribution is 2.28. The Morgan fingerprint density at radius 3 is 2.67 bits per heavy atom. The fourth-order valence-electron chi connectivity index (χ4n) is 2.02. The van der Waals surface area contributed by atoms with Crippen molar-refractivity contribution in [1.29, 1.82) is 0 Å². The maximum absolute atomic E-state index is 11.3. The van der Waals surface area contributed by atoms with Gasteiger partial charge in [0.15, 0.2) is 0 Å². The van der Waals surface area contributed by atoms with Gasteiger partial charge in [-0.15, -0.1) is 0 Å². The van der Waals surface area contributed by atoms with Gasteiger partial charge in [0.1, 0.15) is 0 Å². The number of nitrogens with zero attached hydrogens (tertiary/aromatic N) is 1. The van der Waals surface area contributed by atoms with Crippen molar-refractivity contribution in [3.63, 3.8) is 0 Å². The number of rotatable bonds is 5. The molecule has 0 heterocycles. The van der Waals surface area contributed by atoms with Crippen LogP contribution in [0.25, 0.3) is 0 Å². The molecule has 1 unspecified atom stereocenters. The van der Waals surface area contributed by atoms with Crippen LogP contribution in [0.1, 0.15) is 30.0 Å². The third kappa shape index (κ3) is 4.10. The van der Waals surface area contributed by atoms with E-state index in [1.807, 2.05) is 20.2 Å². The minimum absolute atomic E-state index is 0.158. The Morgan fingerprint density at radius 2 is 2.11 bits per heavy atom. The van der Waals surface area contributed by atoms with Crippen molar-refractivity contribution in [3.8, 4) is 0 Å². The molecule has 0 spiro atoms. The predicted octanol–water partition coefficient (Wildman–Crippen LogP) is 3.31. The monoisotopic (exact) mass is 313 g/mol. The van der Waals surface area contributed by atoms with Crippen LogP contribution in [0.4, 0.5) is 0 Å². The smallest absolute Gasteiger partial charge is 0.305 e. The van der Waals surface area contributed by atoms with Crippen LogP contribution >= 0.6 is 15.9 Å². The lowest BCUT2D eigenvalue weighted by atomic mass is 9.97. The zero-order valence-electron chi connectivity index (χ0n) is 11.4. The summed E-state index contributed by atoms with van der Waals surface area (Å²) in [4.78, 5) is 13.4. The average Bonchev–Trinajstić information content (AvgIpc) is 2.32. The maximum Gasteiger partial charge on any atom is 0.305 e. The number of aryl methyl sites for hydroxylation is 1. The Morgan fingerprint density at radius 1 is 1.44 bits per heavy atom. The van der Waals surface area contributed by atoms with Gasteiger partial charge in [-0.25, -0.2) is 0 Å². The minimum atomic E-state index is -0.158. The highest BCUT2D eigenvalue weighted by molar-refractivity contribution is 9.10. The predicted molar refractivity (Wildman–Crippen MR) is 76.6 cm³/mol. The van der Waals surface area contributed by atoms with E-state index in [-0.39, 0.29) is 12.0 Å². The quantitative estimate of drug-likeness (QED) is 0.781. The molecule has 0 N–H and O–H groups in total. The molecule has 0 aliphatic carbocycles. The SMILES string of the molecule is COC(=O)CCC(c1cc(Br)ccc1C)N(C)C. The van der Waals surface area contributed by atoms with Gasteiger partial charge in [-0.05, 0) is 50.7 Å². The summed E-state index contributed by atoms with van der Waals surface area (Å²) in [7, 11) is 5.49. The summed E-state index contributed by atoms with van der Waals surface area (Å²) >= 11 is 3.50. The Bertz CT molecular complexity index is 418. The molecule has 0 aliphatic heterocycles. The van der Waals surface area contributed by atoms with Gasteiger partial charge < -0.3 is 9.64 Å². The molecule has 0 aromatic heterocycles. The Balaban J connectivity index is 2.90. The standard InChI is InChI=1S/C14H20BrNO2/c1-10-5-6-11(15)9-12(10)13(16(2)3)7-8-14(17)18-4/h5-6,9,13H,7-8H2,1-4H3. The second-order valence-electron chi connectivity index (χ2n) is 4.60. The molecule has 0 fully saturated rings. The molecular formula is C14H20BrNO2. The van der Waals surface area contributed by atoms with Crippen molar-refractivity contribution < 1.29 is 9.53 Å². The molecular weight excluding hydrogens is 294 g/mol. The number of esters is 1. The van der Waals surface area contributed by atoms with E-state index in [4.69, 9.17) is 4.74 Å². The zero-order valence-corrected chi connectivity index (χ0v) is 13.0. The first-order valence-electron chi connectivity index (χ1n) is 5.95. The number of ether oxygens (including phenoxy) is 1. The van der Waals surface area contributed by atoms with E-state index in [1.54, 1.807) is 0 Å². The first-order valence-corrected chi connectivity index (χ1v) is 6.74. The normalized spacial score (nSPS) is 12.6. The molecule has 0 radical (unpaired) electrons. The molecule has 3 nitrogen and oxygen atoms in total.